The highest BCUT2D eigenvalue weighted by Crippen LogP contribution is 2.16. The van der Waals surface area contributed by atoms with Gasteiger partial charge < -0.3 is 9.55 Å². The molecule has 0 bridgehead atoms. The van der Waals surface area contributed by atoms with E-state index >= 15 is 0 Å². The number of hydrogen-bond acceptors (Lipinski definition) is 2. The van der Waals surface area contributed by atoms with Crippen LogP contribution in [0.1, 0.15) is 34.4 Å². The number of aromatic nitrogens is 2. The minimum Gasteiger partial charge on any atom is -0.360 e. The molecule has 0 aliphatic carbocycles. The van der Waals surface area contributed by atoms with Gasteiger partial charge in [-0.05, 0) is 69.3 Å². The average molecular weight is 320 g/mol. The Bertz CT molecular complexity index is 851. The Morgan fingerprint density at radius 1 is 1.04 bits per heavy atom. The Balaban J connectivity index is 1.74. The number of carbonyl (C=O) groups excluding carboxylic acids is 1. The summed E-state index contributed by atoms with van der Waals surface area (Å²) in [7, 11) is 0. The molecule has 122 valence electrons. The molecule has 2 heterocycles. The van der Waals surface area contributed by atoms with E-state index in [1.54, 1.807) is 0 Å². The van der Waals surface area contributed by atoms with Crippen molar-refractivity contribution in [1.82, 2.24) is 15.0 Å². The van der Waals surface area contributed by atoms with Crippen LogP contribution < -0.4 is 5.43 Å². The summed E-state index contributed by atoms with van der Waals surface area (Å²) in [6, 6.07) is 15.4. The lowest BCUT2D eigenvalue weighted by molar-refractivity contribution is 0.0955. The molecule has 0 saturated heterocycles. The topological polar surface area (TPSA) is 62.2 Å². The number of nitrogens with zero attached hydrogens (tertiary/aromatic N) is 2. The second kappa shape index (κ2) is 6.58. The maximum absolute atomic E-state index is 12.2. The van der Waals surface area contributed by atoms with Crippen molar-refractivity contribution in [2.24, 2.45) is 5.10 Å². The molecular formula is C19H20N4O. The molecule has 0 unspecified atom stereocenters. The van der Waals surface area contributed by atoms with Crippen LogP contribution in [0.15, 0.2) is 59.8 Å². The smallest absolute Gasteiger partial charge is 0.271 e. The molecule has 3 aromatic rings. The van der Waals surface area contributed by atoms with Crippen LogP contribution in [0.25, 0.3) is 5.69 Å². The van der Waals surface area contributed by atoms with Crippen molar-refractivity contribution in [2.45, 2.75) is 20.8 Å². The summed E-state index contributed by atoms with van der Waals surface area (Å²) in [4.78, 5) is 15.3. The first kappa shape index (κ1) is 15.8. The summed E-state index contributed by atoms with van der Waals surface area (Å²) >= 11 is 0. The van der Waals surface area contributed by atoms with Crippen molar-refractivity contribution in [3.05, 3.63) is 77.4 Å². The van der Waals surface area contributed by atoms with Crippen LogP contribution in [-0.4, -0.2) is 21.2 Å². The van der Waals surface area contributed by atoms with E-state index in [1.165, 1.54) is 0 Å². The summed E-state index contributed by atoms with van der Waals surface area (Å²) in [6.07, 6.45) is 1.82. The molecule has 0 radical (unpaired) electrons. The van der Waals surface area contributed by atoms with E-state index in [2.05, 4.69) is 46.1 Å². The second-order valence-corrected chi connectivity index (χ2v) is 5.72. The molecule has 0 spiro atoms. The van der Waals surface area contributed by atoms with Crippen LogP contribution in [0.4, 0.5) is 0 Å². The van der Waals surface area contributed by atoms with Gasteiger partial charge >= 0.3 is 0 Å². The van der Waals surface area contributed by atoms with Crippen molar-refractivity contribution in [3.63, 3.8) is 0 Å². The number of hydrogen-bond donors (Lipinski definition) is 2. The zero-order chi connectivity index (χ0) is 17.1. The number of amides is 1. The summed E-state index contributed by atoms with van der Waals surface area (Å²) in [5.41, 5.74) is 8.13. The molecule has 2 aromatic heterocycles. The largest absolute Gasteiger partial charge is 0.360 e. The number of benzene rings is 1. The normalized spacial score (nSPS) is 11.5. The summed E-state index contributed by atoms with van der Waals surface area (Å²) < 4.78 is 2.15. The van der Waals surface area contributed by atoms with Gasteiger partial charge in [0.1, 0.15) is 0 Å². The van der Waals surface area contributed by atoms with E-state index < -0.39 is 0 Å². The molecule has 0 fully saturated rings. The van der Waals surface area contributed by atoms with Gasteiger partial charge in [-0.2, -0.15) is 5.10 Å². The third kappa shape index (κ3) is 3.15. The molecule has 1 amide bonds. The predicted octanol–water partition coefficient (Wildman–Crippen LogP) is 3.58. The van der Waals surface area contributed by atoms with Crippen molar-refractivity contribution >= 4 is 11.6 Å². The number of carbonyl (C=O) groups is 1. The van der Waals surface area contributed by atoms with E-state index in [9.17, 15) is 4.79 Å². The number of aryl methyl sites for hydroxylation is 2. The Labute approximate surface area is 141 Å². The first-order valence-corrected chi connectivity index (χ1v) is 7.80. The lowest BCUT2D eigenvalue weighted by Gasteiger charge is -2.10. The zero-order valence-corrected chi connectivity index (χ0v) is 14.0. The maximum Gasteiger partial charge on any atom is 0.271 e. The maximum atomic E-state index is 12.2. The molecule has 0 saturated carbocycles. The van der Waals surface area contributed by atoms with Gasteiger partial charge in [-0.25, -0.2) is 5.43 Å². The average Bonchev–Trinajstić information content (AvgIpc) is 3.23. The predicted molar refractivity (Wildman–Crippen MR) is 95.7 cm³/mol. The third-order valence-electron chi connectivity index (χ3n) is 3.97. The van der Waals surface area contributed by atoms with Gasteiger partial charge in [0.15, 0.2) is 0 Å². The van der Waals surface area contributed by atoms with Crippen LogP contribution in [0.5, 0.6) is 0 Å². The van der Waals surface area contributed by atoms with Gasteiger partial charge in [-0.3, -0.25) is 4.79 Å². The first-order valence-electron chi connectivity index (χ1n) is 7.80. The van der Waals surface area contributed by atoms with Crippen molar-refractivity contribution in [2.75, 3.05) is 0 Å². The van der Waals surface area contributed by atoms with Gasteiger partial charge in [-0.15, -0.1) is 0 Å². The lowest BCUT2D eigenvalue weighted by atomic mass is 10.2. The highest BCUT2D eigenvalue weighted by Gasteiger charge is 2.08. The molecule has 24 heavy (non-hydrogen) atoms. The molecule has 1 aromatic carbocycles. The van der Waals surface area contributed by atoms with Crippen LogP contribution in [0, 0.1) is 13.8 Å². The summed E-state index contributed by atoms with van der Waals surface area (Å²) in [5, 5.41) is 4.12. The number of aromatic amines is 1. The van der Waals surface area contributed by atoms with Gasteiger partial charge in [0, 0.05) is 28.8 Å². The third-order valence-corrected chi connectivity index (χ3v) is 3.97. The van der Waals surface area contributed by atoms with Crippen molar-refractivity contribution in [1.29, 1.82) is 0 Å². The summed E-state index contributed by atoms with van der Waals surface area (Å²) in [5.74, 6) is -0.228. The zero-order valence-electron chi connectivity index (χ0n) is 14.0. The van der Waals surface area contributed by atoms with E-state index in [4.69, 9.17) is 0 Å². The number of hydrazone groups is 1. The van der Waals surface area contributed by atoms with E-state index in [0.717, 1.165) is 28.5 Å². The molecule has 5 heteroatoms. The first-order chi connectivity index (χ1) is 11.6. The Morgan fingerprint density at radius 3 is 2.29 bits per heavy atom. The van der Waals surface area contributed by atoms with Crippen molar-refractivity contribution < 1.29 is 4.79 Å². The minimum atomic E-state index is -0.228. The van der Waals surface area contributed by atoms with Crippen LogP contribution >= 0.6 is 0 Å². The monoisotopic (exact) mass is 320 g/mol. The molecule has 0 atom stereocenters. The molecule has 0 aliphatic rings. The van der Waals surface area contributed by atoms with Crippen molar-refractivity contribution in [3.8, 4) is 5.69 Å². The Kier molecular flexibility index (Phi) is 4.33. The number of H-pyrrole nitrogens is 1. The van der Waals surface area contributed by atoms with E-state index in [1.807, 2.05) is 49.5 Å². The molecule has 0 aliphatic heterocycles. The van der Waals surface area contributed by atoms with Gasteiger partial charge in [0.2, 0.25) is 0 Å². The van der Waals surface area contributed by atoms with Gasteiger partial charge in [-0.1, -0.05) is 0 Å². The second-order valence-electron chi connectivity index (χ2n) is 5.72. The highest BCUT2D eigenvalue weighted by molar-refractivity contribution is 5.99. The molecule has 2 N–H and O–H groups in total. The highest BCUT2D eigenvalue weighted by atomic mass is 16.2. The van der Waals surface area contributed by atoms with Crippen LogP contribution in [-0.2, 0) is 0 Å². The quantitative estimate of drug-likeness (QED) is 0.560. The molecular weight excluding hydrogens is 300 g/mol. The van der Waals surface area contributed by atoms with Crippen LogP contribution in [0.3, 0.4) is 0 Å². The molecule has 3 rings (SSSR count). The fraction of sp³-hybridized carbons (Fsp3) is 0.158. The van der Waals surface area contributed by atoms with Crippen LogP contribution in [0.2, 0.25) is 0 Å². The minimum absolute atomic E-state index is 0.228. The van der Waals surface area contributed by atoms with Gasteiger partial charge in [0.25, 0.3) is 5.91 Å². The van der Waals surface area contributed by atoms with E-state index in [0.29, 0.717) is 5.56 Å². The molecule has 5 nitrogen and oxygen atoms in total. The number of nitrogens with one attached hydrogen (secondary N) is 2. The Morgan fingerprint density at radius 2 is 1.71 bits per heavy atom. The van der Waals surface area contributed by atoms with E-state index in [-0.39, 0.29) is 5.91 Å². The SMILES string of the molecule is C/C(=N\NC(=O)c1ccc(-n2c(C)ccc2C)cc1)c1ccc[nH]1. The fourth-order valence-corrected chi connectivity index (χ4v) is 2.65. The lowest BCUT2D eigenvalue weighted by Crippen LogP contribution is -2.19. The number of rotatable bonds is 4. The Hall–Kier alpha value is -3.08. The summed E-state index contributed by atoms with van der Waals surface area (Å²) in [6.45, 7) is 5.96. The standard InChI is InChI=1S/C19H20N4O/c1-13-6-7-14(2)23(13)17-10-8-16(9-11-17)19(24)22-21-15(3)18-5-4-12-20-18/h4-12,20H,1-3H3,(H,22,24)/b21-15+. The van der Waals surface area contributed by atoms with Gasteiger partial charge in [0.05, 0.1) is 11.4 Å². The fourth-order valence-electron chi connectivity index (χ4n) is 2.65.